The van der Waals surface area contributed by atoms with Crippen LogP contribution in [0.5, 0.6) is 0 Å². The summed E-state index contributed by atoms with van der Waals surface area (Å²) < 4.78 is 0. The number of hydrogen-bond acceptors (Lipinski definition) is 2. The van der Waals surface area contributed by atoms with Crippen LogP contribution in [0.15, 0.2) is 36.4 Å². The standard InChI is InChI=1S/C14H20N2/c1-11(2)9-16-10-14(3,4)15-12-7-5-6-8-13(12)16/h5-8,15H,1,9-10H2,2-4H3. The van der Waals surface area contributed by atoms with Gasteiger partial charge >= 0.3 is 0 Å². The molecule has 0 saturated heterocycles. The lowest BCUT2D eigenvalue weighted by Crippen LogP contribution is -2.48. The van der Waals surface area contributed by atoms with E-state index in [2.05, 4.69) is 61.8 Å². The number of nitrogens with zero attached hydrogens (tertiary/aromatic N) is 1. The van der Waals surface area contributed by atoms with Gasteiger partial charge in [-0.15, -0.1) is 0 Å². The summed E-state index contributed by atoms with van der Waals surface area (Å²) in [5.74, 6) is 0. The van der Waals surface area contributed by atoms with Crippen LogP contribution in [0.2, 0.25) is 0 Å². The Labute approximate surface area is 98.0 Å². The summed E-state index contributed by atoms with van der Waals surface area (Å²) >= 11 is 0. The van der Waals surface area contributed by atoms with E-state index in [0.29, 0.717) is 0 Å². The van der Waals surface area contributed by atoms with Gasteiger partial charge < -0.3 is 10.2 Å². The fraction of sp³-hybridized carbons (Fsp3) is 0.429. The molecular formula is C14H20N2. The fourth-order valence-electron chi connectivity index (χ4n) is 2.29. The maximum absolute atomic E-state index is 4.01. The SMILES string of the molecule is C=C(C)CN1CC(C)(C)Nc2ccccc21. The van der Waals surface area contributed by atoms with Crippen LogP contribution < -0.4 is 10.2 Å². The van der Waals surface area contributed by atoms with Gasteiger partial charge in [-0.05, 0) is 32.9 Å². The largest absolute Gasteiger partial charge is 0.377 e. The topological polar surface area (TPSA) is 15.3 Å². The minimum atomic E-state index is 0.115. The predicted molar refractivity (Wildman–Crippen MR) is 71.2 cm³/mol. The second-order valence-corrected chi connectivity index (χ2v) is 5.34. The van der Waals surface area contributed by atoms with Crippen LogP contribution in [-0.4, -0.2) is 18.6 Å². The molecule has 0 unspecified atom stereocenters. The summed E-state index contributed by atoms with van der Waals surface area (Å²) in [6.45, 7) is 12.5. The third kappa shape index (κ3) is 2.21. The molecule has 1 aliphatic rings. The first-order valence-electron chi connectivity index (χ1n) is 5.74. The quantitative estimate of drug-likeness (QED) is 0.763. The van der Waals surface area contributed by atoms with Crippen LogP contribution in [0.25, 0.3) is 0 Å². The Hall–Kier alpha value is -1.44. The van der Waals surface area contributed by atoms with Gasteiger partial charge in [-0.3, -0.25) is 0 Å². The zero-order chi connectivity index (χ0) is 11.8. The first-order valence-corrected chi connectivity index (χ1v) is 5.74. The van der Waals surface area contributed by atoms with E-state index in [-0.39, 0.29) is 5.54 Å². The van der Waals surface area contributed by atoms with Crippen molar-refractivity contribution >= 4 is 11.4 Å². The molecule has 16 heavy (non-hydrogen) atoms. The van der Waals surface area contributed by atoms with E-state index in [1.54, 1.807) is 0 Å². The van der Waals surface area contributed by atoms with E-state index < -0.39 is 0 Å². The van der Waals surface area contributed by atoms with E-state index in [1.807, 2.05) is 0 Å². The maximum atomic E-state index is 4.01. The van der Waals surface area contributed by atoms with Crippen molar-refractivity contribution in [3.05, 3.63) is 36.4 Å². The van der Waals surface area contributed by atoms with Crippen LogP contribution in [-0.2, 0) is 0 Å². The van der Waals surface area contributed by atoms with Gasteiger partial charge in [0.25, 0.3) is 0 Å². The van der Waals surface area contributed by atoms with Crippen LogP contribution >= 0.6 is 0 Å². The van der Waals surface area contributed by atoms with Crippen molar-refractivity contribution in [2.75, 3.05) is 23.3 Å². The number of benzene rings is 1. The van der Waals surface area contributed by atoms with Gasteiger partial charge in [0.1, 0.15) is 0 Å². The monoisotopic (exact) mass is 216 g/mol. The van der Waals surface area contributed by atoms with Crippen LogP contribution in [0, 0.1) is 0 Å². The summed E-state index contributed by atoms with van der Waals surface area (Å²) in [7, 11) is 0. The van der Waals surface area contributed by atoms with Gasteiger partial charge in [0.05, 0.1) is 11.4 Å². The molecule has 0 spiro atoms. The molecular weight excluding hydrogens is 196 g/mol. The highest BCUT2D eigenvalue weighted by atomic mass is 15.2. The lowest BCUT2D eigenvalue weighted by molar-refractivity contribution is 0.539. The van der Waals surface area contributed by atoms with Gasteiger partial charge in [-0.2, -0.15) is 0 Å². The fourth-order valence-corrected chi connectivity index (χ4v) is 2.29. The van der Waals surface area contributed by atoms with E-state index in [1.165, 1.54) is 16.9 Å². The second-order valence-electron chi connectivity index (χ2n) is 5.34. The highest BCUT2D eigenvalue weighted by Crippen LogP contribution is 2.34. The molecule has 0 bridgehead atoms. The summed E-state index contributed by atoms with van der Waals surface area (Å²) in [4.78, 5) is 2.40. The third-order valence-electron chi connectivity index (χ3n) is 2.76. The molecule has 1 N–H and O–H groups in total. The Bertz CT molecular complexity index is 407. The van der Waals surface area contributed by atoms with Crippen molar-refractivity contribution in [2.45, 2.75) is 26.3 Å². The molecule has 0 radical (unpaired) electrons. The minimum Gasteiger partial charge on any atom is -0.377 e. The molecule has 2 heteroatoms. The van der Waals surface area contributed by atoms with E-state index in [4.69, 9.17) is 0 Å². The molecule has 1 aromatic carbocycles. The van der Waals surface area contributed by atoms with Crippen molar-refractivity contribution in [1.82, 2.24) is 0 Å². The van der Waals surface area contributed by atoms with E-state index >= 15 is 0 Å². The molecule has 0 aliphatic carbocycles. The molecule has 1 aliphatic heterocycles. The molecule has 0 saturated carbocycles. The number of fused-ring (bicyclic) bond motifs is 1. The molecule has 1 aromatic rings. The summed E-state index contributed by atoms with van der Waals surface area (Å²) in [5.41, 5.74) is 3.82. The number of hydrogen-bond donors (Lipinski definition) is 1. The summed E-state index contributed by atoms with van der Waals surface area (Å²) in [6, 6.07) is 8.47. The molecule has 0 aromatic heterocycles. The molecule has 86 valence electrons. The molecule has 0 atom stereocenters. The highest BCUT2D eigenvalue weighted by molar-refractivity contribution is 5.73. The Morgan fingerprint density at radius 3 is 2.81 bits per heavy atom. The first-order chi connectivity index (χ1) is 7.48. The Kier molecular flexibility index (Phi) is 2.66. The van der Waals surface area contributed by atoms with Gasteiger partial charge in [0.2, 0.25) is 0 Å². The highest BCUT2D eigenvalue weighted by Gasteiger charge is 2.28. The maximum Gasteiger partial charge on any atom is 0.0605 e. The van der Waals surface area contributed by atoms with Crippen LogP contribution in [0.4, 0.5) is 11.4 Å². The van der Waals surface area contributed by atoms with E-state index in [0.717, 1.165) is 13.1 Å². The number of para-hydroxylation sites is 2. The number of rotatable bonds is 2. The van der Waals surface area contributed by atoms with Gasteiger partial charge in [0.15, 0.2) is 0 Å². The first kappa shape index (κ1) is 11.1. The Balaban J connectivity index is 2.35. The van der Waals surface area contributed by atoms with Crippen molar-refractivity contribution in [3.8, 4) is 0 Å². The lowest BCUT2D eigenvalue weighted by atomic mass is 9.99. The van der Waals surface area contributed by atoms with Crippen molar-refractivity contribution in [1.29, 1.82) is 0 Å². The normalized spacial score (nSPS) is 17.6. The molecule has 0 amide bonds. The van der Waals surface area contributed by atoms with E-state index in [9.17, 15) is 0 Å². The average molecular weight is 216 g/mol. The Morgan fingerprint density at radius 1 is 1.44 bits per heavy atom. The smallest absolute Gasteiger partial charge is 0.0605 e. The zero-order valence-electron chi connectivity index (χ0n) is 10.4. The van der Waals surface area contributed by atoms with Crippen molar-refractivity contribution in [3.63, 3.8) is 0 Å². The molecule has 1 heterocycles. The molecule has 0 fully saturated rings. The molecule has 2 nitrogen and oxygen atoms in total. The number of anilines is 2. The van der Waals surface area contributed by atoms with Crippen LogP contribution in [0.3, 0.4) is 0 Å². The van der Waals surface area contributed by atoms with Gasteiger partial charge in [-0.1, -0.05) is 24.3 Å². The summed E-state index contributed by atoms with van der Waals surface area (Å²) in [5, 5.41) is 3.57. The number of nitrogens with one attached hydrogen (secondary N) is 1. The summed E-state index contributed by atoms with van der Waals surface area (Å²) in [6.07, 6.45) is 0. The predicted octanol–water partition coefficient (Wildman–Crippen LogP) is 3.27. The van der Waals surface area contributed by atoms with Crippen molar-refractivity contribution in [2.24, 2.45) is 0 Å². The second kappa shape index (κ2) is 3.85. The van der Waals surface area contributed by atoms with Crippen molar-refractivity contribution < 1.29 is 0 Å². The lowest BCUT2D eigenvalue weighted by Gasteiger charge is -2.42. The third-order valence-corrected chi connectivity index (χ3v) is 2.76. The van der Waals surface area contributed by atoms with Crippen LogP contribution in [0.1, 0.15) is 20.8 Å². The molecule has 2 rings (SSSR count). The Morgan fingerprint density at radius 2 is 2.12 bits per heavy atom. The zero-order valence-corrected chi connectivity index (χ0v) is 10.4. The van der Waals surface area contributed by atoms with Gasteiger partial charge in [-0.25, -0.2) is 0 Å². The average Bonchev–Trinajstić information content (AvgIpc) is 2.14. The minimum absolute atomic E-state index is 0.115. The van der Waals surface area contributed by atoms with Gasteiger partial charge in [0, 0.05) is 18.6 Å².